The van der Waals surface area contributed by atoms with E-state index in [-0.39, 0.29) is 57.3 Å². The summed E-state index contributed by atoms with van der Waals surface area (Å²) in [6.07, 6.45) is 10.0. The number of carbonyl (C=O) groups is 2. The van der Waals surface area contributed by atoms with E-state index in [2.05, 4.69) is 64.4 Å². The van der Waals surface area contributed by atoms with Crippen LogP contribution in [0.15, 0.2) is 33.3 Å². The second-order valence-electron chi connectivity index (χ2n) is 18.1. The van der Waals surface area contributed by atoms with Crippen molar-refractivity contribution in [2.75, 3.05) is 13.2 Å². The molecule has 7 rings (SSSR count). The number of carboxylic acid groups (broad SMARTS) is 1. The molecular formula is C38H55N3O9. The zero-order valence-electron chi connectivity index (χ0n) is 30.6. The molecule has 0 bridgehead atoms. The summed E-state index contributed by atoms with van der Waals surface area (Å²) in [6.45, 7) is 17.0. The predicted octanol–water partition coefficient (Wildman–Crippen LogP) is 7.18. The van der Waals surface area contributed by atoms with Gasteiger partial charge in [-0.15, -0.1) is 0 Å². The molecule has 5 aliphatic carbocycles. The van der Waals surface area contributed by atoms with Crippen LogP contribution in [0.2, 0.25) is 0 Å². The number of fused-ring (bicyclic) bond motifs is 7. The highest BCUT2D eigenvalue weighted by Crippen LogP contribution is 2.75. The number of aliphatic hydroxyl groups excluding tert-OH is 2. The number of furan rings is 1. The third kappa shape index (κ3) is 5.42. The van der Waals surface area contributed by atoms with Gasteiger partial charge in [0, 0.05) is 0 Å². The maximum atomic E-state index is 12.8. The van der Waals surface area contributed by atoms with Gasteiger partial charge in [-0.3, -0.25) is 14.9 Å². The Morgan fingerprint density at radius 2 is 1.72 bits per heavy atom. The van der Waals surface area contributed by atoms with Crippen molar-refractivity contribution in [2.45, 2.75) is 118 Å². The Balaban J connectivity index is 0.000000226. The largest absolute Gasteiger partial charge is 0.481 e. The van der Waals surface area contributed by atoms with Crippen molar-refractivity contribution >= 4 is 24.2 Å². The molecule has 2 heterocycles. The average molecular weight is 698 g/mol. The normalized spacial score (nSPS) is 41.4. The summed E-state index contributed by atoms with van der Waals surface area (Å²) in [6, 6.07) is 2.60. The Kier molecular flexibility index (Phi) is 8.90. The van der Waals surface area contributed by atoms with Crippen molar-refractivity contribution < 1.29 is 39.0 Å². The summed E-state index contributed by atoms with van der Waals surface area (Å²) in [5, 5.41) is 48.2. The summed E-state index contributed by atoms with van der Waals surface area (Å²) in [4.78, 5) is 33.4. The van der Waals surface area contributed by atoms with Crippen LogP contribution in [0.5, 0.6) is 0 Å². The minimum absolute atomic E-state index is 0.0218. The Bertz CT molecular complexity index is 1600. The lowest BCUT2D eigenvalue weighted by molar-refractivity contribution is -0.402. The van der Waals surface area contributed by atoms with Crippen molar-refractivity contribution in [3.63, 3.8) is 0 Å². The van der Waals surface area contributed by atoms with Gasteiger partial charge < -0.3 is 24.5 Å². The van der Waals surface area contributed by atoms with Crippen LogP contribution < -0.4 is 0 Å². The molecule has 4 saturated carbocycles. The number of carboxylic acids is 1. The summed E-state index contributed by atoms with van der Waals surface area (Å²) in [5.74, 6) is -0.0808. The second-order valence-corrected chi connectivity index (χ2v) is 18.1. The van der Waals surface area contributed by atoms with Crippen molar-refractivity contribution in [1.29, 1.82) is 0 Å². The molecule has 1 saturated heterocycles. The van der Waals surface area contributed by atoms with E-state index >= 15 is 0 Å². The molecule has 0 radical (unpaired) electrons. The fraction of sp³-hybridized carbons (Fsp3) is 0.763. The average Bonchev–Trinajstić information content (AvgIpc) is 3.67. The van der Waals surface area contributed by atoms with E-state index in [4.69, 9.17) is 4.42 Å². The molecule has 12 nitrogen and oxygen atoms in total. The first-order valence-electron chi connectivity index (χ1n) is 18.3. The van der Waals surface area contributed by atoms with Crippen molar-refractivity contribution in [3.8, 4) is 0 Å². The monoisotopic (exact) mass is 697 g/mol. The Labute approximate surface area is 294 Å². The van der Waals surface area contributed by atoms with Gasteiger partial charge in [0.2, 0.25) is 0 Å². The van der Waals surface area contributed by atoms with E-state index in [1.165, 1.54) is 23.9 Å². The number of aliphatic carboxylic acids is 1. The Morgan fingerprint density at radius 1 is 1.00 bits per heavy atom. The van der Waals surface area contributed by atoms with Gasteiger partial charge >= 0.3 is 17.9 Å². The van der Waals surface area contributed by atoms with Gasteiger partial charge in [-0.25, -0.2) is 4.79 Å². The third-order valence-electron chi connectivity index (χ3n) is 14.9. The maximum absolute atomic E-state index is 12.8. The zero-order chi connectivity index (χ0) is 36.7. The summed E-state index contributed by atoms with van der Waals surface area (Å²) < 4.78 is 9.44. The van der Waals surface area contributed by atoms with Crippen LogP contribution in [0.25, 0.3) is 0 Å². The molecule has 1 aliphatic heterocycles. The van der Waals surface area contributed by atoms with Crippen LogP contribution in [0.3, 0.4) is 0 Å². The molecule has 1 amide bonds. The zero-order valence-corrected chi connectivity index (χ0v) is 30.6. The Morgan fingerprint density at radius 3 is 2.34 bits per heavy atom. The topological polar surface area (TPSA) is 176 Å². The number of cyclic esters (lactones) is 1. The molecule has 1 aromatic rings. The van der Waals surface area contributed by atoms with Crippen LogP contribution >= 0.6 is 0 Å². The van der Waals surface area contributed by atoms with Gasteiger partial charge in [-0.2, -0.15) is 10.1 Å². The molecule has 1 aromatic heterocycles. The van der Waals surface area contributed by atoms with Crippen LogP contribution in [-0.4, -0.2) is 68.9 Å². The lowest BCUT2D eigenvalue weighted by Gasteiger charge is -2.71. The number of amides is 1. The van der Waals surface area contributed by atoms with Gasteiger partial charge in [0.15, 0.2) is 5.76 Å². The number of hydrogen-bond donors (Lipinski definition) is 3. The molecule has 5 fully saturated rings. The van der Waals surface area contributed by atoms with E-state index in [0.29, 0.717) is 31.2 Å². The standard InChI is InChI=1S/C30H48O4.C8H7N3O5/c1-25(2)14-15-30(24(33)34)19(16-25)18-8-9-21-27(5)12-11-22(31)26(3,4)20(27)10-13-28(21,6)29(18,7)17-23(30)32;12-8-10(3-4-15-8)9-5-6-1-2-7(16-6)11(13)14/h8,19-23,31-32H,9-17H2,1-7H3,(H,33,34);1-2,5H,3-4H2. The highest BCUT2D eigenvalue weighted by Gasteiger charge is 2.71. The molecule has 50 heavy (non-hydrogen) atoms. The number of aliphatic hydroxyl groups is 2. The minimum atomic E-state index is -1.04. The van der Waals surface area contributed by atoms with Gasteiger partial charge in [-0.05, 0) is 109 Å². The van der Waals surface area contributed by atoms with Crippen LogP contribution in [0.1, 0.15) is 112 Å². The lowest BCUT2D eigenvalue weighted by Crippen LogP contribution is -2.67. The van der Waals surface area contributed by atoms with Crippen molar-refractivity contribution in [1.82, 2.24) is 5.01 Å². The molecule has 6 aliphatic rings. The van der Waals surface area contributed by atoms with E-state index in [1.807, 2.05) is 0 Å². The fourth-order valence-electron chi connectivity index (χ4n) is 11.8. The van der Waals surface area contributed by atoms with E-state index in [1.54, 1.807) is 0 Å². The van der Waals surface area contributed by atoms with E-state index in [9.17, 15) is 35.0 Å². The van der Waals surface area contributed by atoms with Crippen LogP contribution in [0, 0.1) is 60.4 Å². The first kappa shape index (κ1) is 36.5. The van der Waals surface area contributed by atoms with Gasteiger partial charge in [0.05, 0.1) is 31.0 Å². The fourth-order valence-corrected chi connectivity index (χ4v) is 11.8. The van der Waals surface area contributed by atoms with Crippen molar-refractivity contribution in [3.05, 3.63) is 39.7 Å². The highest BCUT2D eigenvalue weighted by molar-refractivity contribution is 5.79. The molecule has 0 aromatic carbocycles. The summed E-state index contributed by atoms with van der Waals surface area (Å²) in [5.41, 5.74) is 0.295. The van der Waals surface area contributed by atoms with Gasteiger partial charge in [-0.1, -0.05) is 60.1 Å². The summed E-state index contributed by atoms with van der Waals surface area (Å²) >= 11 is 0. The number of nitrogens with zero attached hydrogens (tertiary/aromatic N) is 3. The molecule has 0 spiro atoms. The first-order chi connectivity index (χ1) is 23.2. The SMILES string of the molecule is CC1(C)CCC2(C(=O)O)C(O)CC3(C)C(=CCC4C5(C)CCC(O)C(C)(C)C5CCC43C)C2C1.O=C1OCCN1N=Cc1ccc([N+](=O)[O-])o1. The number of ether oxygens (including phenoxy) is 1. The quantitative estimate of drug-likeness (QED) is 0.127. The first-order valence-corrected chi connectivity index (χ1v) is 18.3. The van der Waals surface area contributed by atoms with E-state index in [0.717, 1.165) is 50.0 Å². The Hall–Kier alpha value is -3.25. The maximum Gasteiger partial charge on any atom is 0.433 e. The second kappa shape index (κ2) is 12.2. The smallest absolute Gasteiger partial charge is 0.433 e. The minimum Gasteiger partial charge on any atom is -0.481 e. The predicted molar refractivity (Wildman–Crippen MR) is 185 cm³/mol. The number of rotatable bonds is 4. The number of allylic oxidation sites excluding steroid dienone is 2. The number of carbonyl (C=O) groups excluding carboxylic acids is 1. The lowest BCUT2D eigenvalue weighted by atomic mass is 9.33. The molecule has 12 heteroatoms. The molecule has 3 N–H and O–H groups in total. The number of hydrogen-bond acceptors (Lipinski definition) is 9. The van der Waals surface area contributed by atoms with Crippen LogP contribution in [0.4, 0.5) is 10.7 Å². The van der Waals surface area contributed by atoms with Crippen molar-refractivity contribution in [2.24, 2.45) is 55.3 Å². The molecule has 9 atom stereocenters. The molecule has 276 valence electrons. The van der Waals surface area contributed by atoms with Crippen LogP contribution in [-0.2, 0) is 9.53 Å². The third-order valence-corrected chi connectivity index (χ3v) is 14.9. The highest BCUT2D eigenvalue weighted by atomic mass is 16.6. The molecule has 9 unspecified atom stereocenters. The summed E-state index contributed by atoms with van der Waals surface area (Å²) in [7, 11) is 0. The number of hydrazone groups is 1. The van der Waals surface area contributed by atoms with Gasteiger partial charge in [0.1, 0.15) is 16.9 Å². The van der Waals surface area contributed by atoms with Gasteiger partial charge in [0.25, 0.3) is 0 Å². The van der Waals surface area contributed by atoms with E-state index < -0.39 is 28.5 Å². The molecular weight excluding hydrogens is 642 g/mol. The number of nitro groups is 1.